The highest BCUT2D eigenvalue weighted by Gasteiger charge is 2.18. The molecule has 0 atom stereocenters. The van der Waals surface area contributed by atoms with Gasteiger partial charge >= 0.3 is 0 Å². The molecule has 0 bridgehead atoms. The maximum absolute atomic E-state index is 12.5. The molecular weight excluding hydrogens is 342 g/mol. The smallest absolute Gasteiger partial charge is 0.270 e. The van der Waals surface area contributed by atoms with Crippen LogP contribution in [0.3, 0.4) is 0 Å². The first-order valence-electron chi connectivity index (χ1n) is 9.38. The van der Waals surface area contributed by atoms with Crippen LogP contribution in [0, 0.1) is 0 Å². The van der Waals surface area contributed by atoms with Crippen LogP contribution in [0.4, 0.5) is 5.69 Å². The van der Waals surface area contributed by atoms with Crippen LogP contribution in [0.15, 0.2) is 42.6 Å². The Morgan fingerprint density at radius 1 is 1.04 bits per heavy atom. The number of amides is 2. The van der Waals surface area contributed by atoms with Gasteiger partial charge in [-0.3, -0.25) is 14.6 Å². The summed E-state index contributed by atoms with van der Waals surface area (Å²) < 4.78 is 5.16. The number of anilines is 1. The van der Waals surface area contributed by atoms with Crippen molar-refractivity contribution in [3.63, 3.8) is 0 Å². The molecule has 0 aliphatic heterocycles. The minimum atomic E-state index is -0.297. The molecule has 6 heteroatoms. The summed E-state index contributed by atoms with van der Waals surface area (Å²) in [6.45, 7) is 0. The van der Waals surface area contributed by atoms with E-state index in [0.29, 0.717) is 17.0 Å². The fraction of sp³-hybridized carbons (Fsp3) is 0.381. The van der Waals surface area contributed by atoms with Crippen LogP contribution in [0.2, 0.25) is 0 Å². The van der Waals surface area contributed by atoms with E-state index in [9.17, 15) is 9.59 Å². The van der Waals surface area contributed by atoms with Gasteiger partial charge in [-0.25, -0.2) is 0 Å². The van der Waals surface area contributed by atoms with Gasteiger partial charge in [0.2, 0.25) is 0 Å². The monoisotopic (exact) mass is 367 g/mol. The average molecular weight is 367 g/mol. The van der Waals surface area contributed by atoms with Crippen LogP contribution in [0.5, 0.6) is 5.75 Å². The Labute approximate surface area is 159 Å². The second-order valence-corrected chi connectivity index (χ2v) is 6.78. The van der Waals surface area contributed by atoms with E-state index in [-0.39, 0.29) is 23.6 Å². The standard InChI is InChI=1S/C21H25N3O3/c1-27-18-10-6-9-17(14-18)24-20(25)15-11-12-22-19(13-15)21(26)23-16-7-4-2-3-5-8-16/h6,9-14,16H,2-5,7-8H2,1H3,(H,23,26)(H,24,25). The third-order valence-electron chi connectivity index (χ3n) is 4.77. The van der Waals surface area contributed by atoms with Gasteiger partial charge in [-0.2, -0.15) is 0 Å². The Hall–Kier alpha value is -2.89. The molecule has 0 saturated heterocycles. The van der Waals surface area contributed by atoms with Crippen LogP contribution >= 0.6 is 0 Å². The Bertz CT molecular complexity index is 799. The first kappa shape index (κ1) is 18.9. The van der Waals surface area contributed by atoms with Crippen molar-refractivity contribution in [2.24, 2.45) is 0 Å². The highest BCUT2D eigenvalue weighted by Crippen LogP contribution is 2.19. The van der Waals surface area contributed by atoms with E-state index in [1.165, 1.54) is 25.1 Å². The maximum Gasteiger partial charge on any atom is 0.270 e. The van der Waals surface area contributed by atoms with E-state index < -0.39 is 0 Å². The molecule has 1 aromatic heterocycles. The summed E-state index contributed by atoms with van der Waals surface area (Å²) in [7, 11) is 1.57. The van der Waals surface area contributed by atoms with Crippen LogP contribution in [0.25, 0.3) is 0 Å². The molecule has 0 spiro atoms. The molecule has 1 heterocycles. The van der Waals surface area contributed by atoms with Crippen molar-refractivity contribution in [2.75, 3.05) is 12.4 Å². The van der Waals surface area contributed by atoms with E-state index in [1.54, 1.807) is 37.4 Å². The SMILES string of the molecule is COc1cccc(NC(=O)c2ccnc(C(=O)NC3CCCCCC3)c2)c1. The number of nitrogens with zero attached hydrogens (tertiary/aromatic N) is 1. The lowest BCUT2D eigenvalue weighted by Crippen LogP contribution is -2.35. The number of hydrogen-bond acceptors (Lipinski definition) is 4. The summed E-state index contributed by atoms with van der Waals surface area (Å²) >= 11 is 0. The number of methoxy groups -OCH3 is 1. The second kappa shape index (κ2) is 9.16. The van der Waals surface area contributed by atoms with Gasteiger partial charge in [-0.15, -0.1) is 0 Å². The van der Waals surface area contributed by atoms with Gasteiger partial charge in [0.1, 0.15) is 11.4 Å². The first-order valence-corrected chi connectivity index (χ1v) is 9.38. The maximum atomic E-state index is 12.5. The van der Waals surface area contributed by atoms with Gasteiger partial charge in [0.15, 0.2) is 0 Å². The molecule has 142 valence electrons. The Morgan fingerprint density at radius 3 is 2.56 bits per heavy atom. The van der Waals surface area contributed by atoms with E-state index in [4.69, 9.17) is 4.74 Å². The van der Waals surface area contributed by atoms with E-state index in [1.807, 2.05) is 0 Å². The topological polar surface area (TPSA) is 80.3 Å². The predicted molar refractivity (Wildman–Crippen MR) is 104 cm³/mol. The number of carbonyl (C=O) groups excluding carboxylic acids is 2. The Morgan fingerprint density at radius 2 is 1.81 bits per heavy atom. The van der Waals surface area contributed by atoms with Crippen molar-refractivity contribution in [3.8, 4) is 5.75 Å². The molecule has 1 aromatic carbocycles. The van der Waals surface area contributed by atoms with E-state index in [0.717, 1.165) is 25.7 Å². The number of benzene rings is 1. The molecule has 2 amide bonds. The number of ether oxygens (including phenoxy) is 1. The van der Waals surface area contributed by atoms with Gasteiger partial charge in [0.25, 0.3) is 11.8 Å². The highest BCUT2D eigenvalue weighted by atomic mass is 16.5. The van der Waals surface area contributed by atoms with Gasteiger partial charge < -0.3 is 15.4 Å². The van der Waals surface area contributed by atoms with Crippen molar-refractivity contribution in [3.05, 3.63) is 53.9 Å². The van der Waals surface area contributed by atoms with Crippen LogP contribution in [-0.4, -0.2) is 29.9 Å². The number of rotatable bonds is 5. The Kier molecular flexibility index (Phi) is 6.41. The third-order valence-corrected chi connectivity index (χ3v) is 4.77. The zero-order chi connectivity index (χ0) is 19.1. The van der Waals surface area contributed by atoms with Crippen molar-refractivity contribution < 1.29 is 14.3 Å². The van der Waals surface area contributed by atoms with E-state index in [2.05, 4.69) is 15.6 Å². The molecular formula is C21H25N3O3. The average Bonchev–Trinajstić information content (AvgIpc) is 2.97. The zero-order valence-electron chi connectivity index (χ0n) is 15.5. The van der Waals surface area contributed by atoms with Crippen LogP contribution in [-0.2, 0) is 0 Å². The molecule has 2 N–H and O–H groups in total. The second-order valence-electron chi connectivity index (χ2n) is 6.78. The van der Waals surface area contributed by atoms with Gasteiger partial charge in [-0.1, -0.05) is 31.7 Å². The number of hydrogen-bond donors (Lipinski definition) is 2. The zero-order valence-corrected chi connectivity index (χ0v) is 15.5. The summed E-state index contributed by atoms with van der Waals surface area (Å²) in [5, 5.41) is 5.87. The fourth-order valence-electron chi connectivity index (χ4n) is 3.28. The summed E-state index contributed by atoms with van der Waals surface area (Å²) in [5.74, 6) is 0.137. The number of pyridine rings is 1. The van der Waals surface area contributed by atoms with Gasteiger partial charge in [0, 0.05) is 29.6 Å². The molecule has 1 aliphatic rings. The Balaban J connectivity index is 1.66. The quantitative estimate of drug-likeness (QED) is 0.788. The molecule has 27 heavy (non-hydrogen) atoms. The lowest BCUT2D eigenvalue weighted by atomic mass is 10.1. The van der Waals surface area contributed by atoms with Crippen molar-refractivity contribution >= 4 is 17.5 Å². The van der Waals surface area contributed by atoms with Crippen molar-refractivity contribution in [1.82, 2.24) is 10.3 Å². The van der Waals surface area contributed by atoms with Crippen molar-refractivity contribution in [2.45, 2.75) is 44.6 Å². The van der Waals surface area contributed by atoms with Gasteiger partial charge in [-0.05, 0) is 37.1 Å². The summed E-state index contributed by atoms with van der Waals surface area (Å²) in [6.07, 6.45) is 8.23. The predicted octanol–water partition coefficient (Wildman–Crippen LogP) is 3.80. The summed E-state index contributed by atoms with van der Waals surface area (Å²) in [5.41, 5.74) is 1.27. The highest BCUT2D eigenvalue weighted by molar-refractivity contribution is 6.05. The molecule has 1 aliphatic carbocycles. The van der Waals surface area contributed by atoms with Gasteiger partial charge in [0.05, 0.1) is 7.11 Å². The molecule has 2 aromatic rings. The lowest BCUT2D eigenvalue weighted by molar-refractivity contribution is 0.0928. The summed E-state index contributed by atoms with van der Waals surface area (Å²) in [6, 6.07) is 10.4. The van der Waals surface area contributed by atoms with Crippen LogP contribution < -0.4 is 15.4 Å². The molecule has 1 fully saturated rings. The molecule has 0 unspecified atom stereocenters. The lowest BCUT2D eigenvalue weighted by Gasteiger charge is -2.16. The molecule has 3 rings (SSSR count). The number of nitrogens with one attached hydrogen (secondary N) is 2. The number of carbonyl (C=O) groups is 2. The molecule has 1 saturated carbocycles. The van der Waals surface area contributed by atoms with Crippen molar-refractivity contribution in [1.29, 1.82) is 0 Å². The fourth-order valence-corrected chi connectivity index (χ4v) is 3.28. The van der Waals surface area contributed by atoms with Crippen LogP contribution in [0.1, 0.15) is 59.4 Å². The number of aromatic nitrogens is 1. The molecule has 0 radical (unpaired) electrons. The normalized spacial score (nSPS) is 14.9. The largest absolute Gasteiger partial charge is 0.497 e. The minimum absolute atomic E-state index is 0.191. The van der Waals surface area contributed by atoms with E-state index >= 15 is 0 Å². The first-order chi connectivity index (χ1) is 13.2. The summed E-state index contributed by atoms with van der Waals surface area (Å²) in [4.78, 5) is 29.2. The molecule has 6 nitrogen and oxygen atoms in total. The minimum Gasteiger partial charge on any atom is -0.497 e. The third kappa shape index (κ3) is 5.29.